The van der Waals surface area contributed by atoms with Crippen molar-refractivity contribution in [1.82, 2.24) is 19.4 Å². The summed E-state index contributed by atoms with van der Waals surface area (Å²) >= 11 is 6.81. The zero-order valence-corrected chi connectivity index (χ0v) is 20.0. The lowest BCUT2D eigenvalue weighted by Crippen LogP contribution is -2.49. The molecule has 2 N–H and O–H groups in total. The molecular weight excluding hydrogens is 452 g/mol. The Labute approximate surface area is 201 Å². The molecule has 34 heavy (non-hydrogen) atoms. The van der Waals surface area contributed by atoms with Crippen LogP contribution in [0.5, 0.6) is 5.75 Å². The van der Waals surface area contributed by atoms with Gasteiger partial charge in [-0.05, 0) is 54.7 Å². The molecular formula is C26H27ClN4O3. The maximum Gasteiger partial charge on any atom is 0.316 e. The molecule has 0 amide bonds. The predicted octanol–water partition coefficient (Wildman–Crippen LogP) is 3.12. The number of nitrogens with one attached hydrogen (secondary N) is 1. The fourth-order valence-corrected chi connectivity index (χ4v) is 4.86. The third kappa shape index (κ3) is 4.00. The van der Waals surface area contributed by atoms with Crippen LogP contribution in [0.15, 0.2) is 58.1 Å². The molecule has 0 aliphatic carbocycles. The summed E-state index contributed by atoms with van der Waals surface area (Å²) in [5.41, 5.74) is 1.73. The van der Waals surface area contributed by atoms with Crippen molar-refractivity contribution in [3.05, 3.63) is 74.3 Å². The number of aromatic hydroxyl groups is 1. The van der Waals surface area contributed by atoms with Crippen LogP contribution in [0, 0.1) is 5.92 Å². The first-order valence-electron chi connectivity index (χ1n) is 11.4. The van der Waals surface area contributed by atoms with Gasteiger partial charge in [0.05, 0.1) is 16.1 Å². The number of rotatable bonds is 6. The lowest BCUT2D eigenvalue weighted by molar-refractivity contribution is 0.305. The molecule has 5 rings (SSSR count). The van der Waals surface area contributed by atoms with Gasteiger partial charge in [-0.25, -0.2) is 0 Å². The van der Waals surface area contributed by atoms with E-state index in [2.05, 4.69) is 5.32 Å². The molecule has 2 heterocycles. The average Bonchev–Trinajstić information content (AvgIpc) is 2.77. The first kappa shape index (κ1) is 22.7. The van der Waals surface area contributed by atoms with Gasteiger partial charge in [-0.1, -0.05) is 35.9 Å². The standard InChI is InChI=1S/C26H27ClN4O3/c1-29(2)7-8-30-23-11-21(20-10-18(32)9-17-5-3-4-6-19(17)20)22(27)12-24(23)31(26(34)25(30)33)15-16-13-28-14-16/h3-6,9-12,16,28,32H,7-8,13-15H2,1-2H3. The molecule has 0 saturated carbocycles. The van der Waals surface area contributed by atoms with Gasteiger partial charge in [0, 0.05) is 44.2 Å². The van der Waals surface area contributed by atoms with Gasteiger partial charge in [-0.3, -0.25) is 9.59 Å². The Morgan fingerprint density at radius 2 is 1.71 bits per heavy atom. The number of hydrogen-bond donors (Lipinski definition) is 2. The van der Waals surface area contributed by atoms with Crippen LogP contribution in [0.1, 0.15) is 0 Å². The van der Waals surface area contributed by atoms with Crippen molar-refractivity contribution in [1.29, 1.82) is 0 Å². The molecule has 0 atom stereocenters. The number of halogens is 1. The molecule has 176 valence electrons. The minimum Gasteiger partial charge on any atom is -0.508 e. The zero-order chi connectivity index (χ0) is 24.0. The molecule has 3 aromatic carbocycles. The summed E-state index contributed by atoms with van der Waals surface area (Å²) in [6.45, 7) is 3.09. The van der Waals surface area contributed by atoms with Gasteiger partial charge in [0.1, 0.15) is 5.75 Å². The van der Waals surface area contributed by atoms with E-state index in [1.165, 1.54) is 0 Å². The van der Waals surface area contributed by atoms with Crippen LogP contribution in [0.25, 0.3) is 32.9 Å². The van der Waals surface area contributed by atoms with Crippen LogP contribution >= 0.6 is 11.6 Å². The van der Waals surface area contributed by atoms with Crippen molar-refractivity contribution in [3.8, 4) is 16.9 Å². The van der Waals surface area contributed by atoms with Crippen LogP contribution in [0.2, 0.25) is 5.02 Å². The number of fused-ring (bicyclic) bond motifs is 2. The lowest BCUT2D eigenvalue weighted by atomic mass is 9.97. The minimum absolute atomic E-state index is 0.136. The quantitative estimate of drug-likeness (QED) is 0.416. The van der Waals surface area contributed by atoms with Crippen LogP contribution in [-0.4, -0.2) is 52.9 Å². The van der Waals surface area contributed by atoms with E-state index in [0.717, 1.165) is 29.4 Å². The fourth-order valence-electron chi connectivity index (χ4n) is 4.60. The topological polar surface area (TPSA) is 79.5 Å². The molecule has 1 aliphatic rings. The number of likely N-dealkylation sites (N-methyl/N-ethyl adjacent to an activating group) is 1. The summed E-state index contributed by atoms with van der Waals surface area (Å²) in [5, 5.41) is 15.9. The van der Waals surface area contributed by atoms with Crippen LogP contribution < -0.4 is 16.4 Å². The van der Waals surface area contributed by atoms with Gasteiger partial charge in [-0.15, -0.1) is 0 Å². The molecule has 1 aliphatic heterocycles. The SMILES string of the molecule is CN(C)CCn1c(=O)c(=O)n(CC2CNC2)c2cc(Cl)c(-c3cc(O)cc4ccccc34)cc21. The number of nitrogens with zero attached hydrogens (tertiary/aromatic N) is 3. The monoisotopic (exact) mass is 478 g/mol. The molecule has 1 saturated heterocycles. The zero-order valence-electron chi connectivity index (χ0n) is 19.2. The summed E-state index contributed by atoms with van der Waals surface area (Å²) < 4.78 is 3.13. The lowest BCUT2D eigenvalue weighted by Gasteiger charge is -2.28. The summed E-state index contributed by atoms with van der Waals surface area (Å²) in [6.07, 6.45) is 0. The molecule has 1 fully saturated rings. The Morgan fingerprint density at radius 1 is 1.00 bits per heavy atom. The molecule has 0 unspecified atom stereocenters. The summed E-state index contributed by atoms with van der Waals surface area (Å²) in [4.78, 5) is 28.3. The highest BCUT2D eigenvalue weighted by molar-refractivity contribution is 6.34. The number of benzene rings is 3. The van der Waals surface area contributed by atoms with Gasteiger partial charge < -0.3 is 24.5 Å². The van der Waals surface area contributed by atoms with Gasteiger partial charge in [0.15, 0.2) is 0 Å². The Bertz CT molecular complexity index is 1520. The highest BCUT2D eigenvalue weighted by atomic mass is 35.5. The van der Waals surface area contributed by atoms with Crippen molar-refractivity contribution >= 4 is 33.4 Å². The number of phenols is 1. The molecule has 7 nitrogen and oxygen atoms in total. The summed E-state index contributed by atoms with van der Waals surface area (Å²) in [6, 6.07) is 14.8. The summed E-state index contributed by atoms with van der Waals surface area (Å²) in [5.74, 6) is 0.434. The van der Waals surface area contributed by atoms with Crippen molar-refractivity contribution in [2.75, 3.05) is 33.7 Å². The van der Waals surface area contributed by atoms with Crippen molar-refractivity contribution in [3.63, 3.8) is 0 Å². The third-order valence-electron chi connectivity index (χ3n) is 6.53. The maximum absolute atomic E-state index is 13.2. The van der Waals surface area contributed by atoms with E-state index in [9.17, 15) is 14.7 Å². The Hall–Kier alpha value is -3.13. The molecule has 0 bridgehead atoms. The van der Waals surface area contributed by atoms with Crippen LogP contribution in [-0.2, 0) is 13.1 Å². The number of hydrogen-bond acceptors (Lipinski definition) is 5. The van der Waals surface area contributed by atoms with Gasteiger partial charge >= 0.3 is 11.1 Å². The van der Waals surface area contributed by atoms with E-state index in [1.807, 2.05) is 49.3 Å². The highest BCUT2D eigenvalue weighted by Gasteiger charge is 2.22. The maximum atomic E-state index is 13.2. The average molecular weight is 479 g/mol. The van der Waals surface area contributed by atoms with E-state index in [0.29, 0.717) is 47.2 Å². The van der Waals surface area contributed by atoms with Gasteiger partial charge in [-0.2, -0.15) is 0 Å². The Balaban J connectivity index is 1.80. The van der Waals surface area contributed by atoms with Crippen molar-refractivity contribution < 1.29 is 5.11 Å². The van der Waals surface area contributed by atoms with E-state index in [-0.39, 0.29) is 5.75 Å². The first-order valence-corrected chi connectivity index (χ1v) is 11.8. The van der Waals surface area contributed by atoms with Crippen LogP contribution in [0.3, 0.4) is 0 Å². The molecule has 8 heteroatoms. The largest absolute Gasteiger partial charge is 0.508 e. The van der Waals surface area contributed by atoms with Gasteiger partial charge in [0.25, 0.3) is 0 Å². The third-order valence-corrected chi connectivity index (χ3v) is 6.85. The van der Waals surface area contributed by atoms with E-state index in [1.54, 1.807) is 27.3 Å². The molecule has 4 aromatic rings. The number of phenolic OH excluding ortho intramolecular Hbond substituents is 1. The van der Waals surface area contributed by atoms with Gasteiger partial charge in [0.2, 0.25) is 0 Å². The predicted molar refractivity (Wildman–Crippen MR) is 137 cm³/mol. The normalized spacial score (nSPS) is 14.2. The second-order valence-corrected chi connectivity index (χ2v) is 9.64. The highest BCUT2D eigenvalue weighted by Crippen LogP contribution is 2.38. The second-order valence-electron chi connectivity index (χ2n) is 9.24. The minimum atomic E-state index is -0.532. The Morgan fingerprint density at radius 3 is 2.41 bits per heavy atom. The van der Waals surface area contributed by atoms with E-state index >= 15 is 0 Å². The molecule has 0 spiro atoms. The summed E-state index contributed by atoms with van der Waals surface area (Å²) in [7, 11) is 3.86. The first-order chi connectivity index (χ1) is 16.3. The molecule has 0 radical (unpaired) electrons. The van der Waals surface area contributed by atoms with E-state index < -0.39 is 11.1 Å². The fraction of sp³-hybridized carbons (Fsp3) is 0.308. The van der Waals surface area contributed by atoms with E-state index in [4.69, 9.17) is 11.6 Å². The number of aromatic nitrogens is 2. The van der Waals surface area contributed by atoms with Crippen molar-refractivity contribution in [2.24, 2.45) is 5.92 Å². The Kier molecular flexibility index (Phi) is 5.93. The second kappa shape index (κ2) is 8.91. The van der Waals surface area contributed by atoms with Crippen molar-refractivity contribution in [2.45, 2.75) is 13.1 Å². The van der Waals surface area contributed by atoms with Crippen LogP contribution in [0.4, 0.5) is 0 Å². The smallest absolute Gasteiger partial charge is 0.316 e. The molecule has 1 aromatic heterocycles.